The van der Waals surface area contributed by atoms with Crippen molar-refractivity contribution in [2.24, 2.45) is 0 Å². The zero-order valence-electron chi connectivity index (χ0n) is 16.6. The molecule has 0 aromatic heterocycles. The second-order valence-electron chi connectivity index (χ2n) is 8.12. The van der Waals surface area contributed by atoms with Gasteiger partial charge in [-0.05, 0) is 70.2 Å². The van der Waals surface area contributed by atoms with Crippen molar-refractivity contribution in [3.63, 3.8) is 0 Å². The van der Waals surface area contributed by atoms with Crippen LogP contribution in [0, 0.1) is 24.4 Å². The van der Waals surface area contributed by atoms with Crippen LogP contribution in [-0.4, -0.2) is 22.7 Å². The molecule has 0 aliphatic carbocycles. The Balaban J connectivity index is 2.11. The molecule has 6 heteroatoms. The Kier molecular flexibility index (Phi) is 6.88. The normalized spacial score (nSPS) is 12.7. The number of nitrogens with one attached hydrogen (secondary N) is 1. The molecule has 0 spiro atoms. The predicted octanol–water partition coefficient (Wildman–Crippen LogP) is 4.48. The van der Waals surface area contributed by atoms with E-state index in [1.807, 2.05) is 39.8 Å². The van der Waals surface area contributed by atoms with Gasteiger partial charge in [0, 0.05) is 17.2 Å². The van der Waals surface area contributed by atoms with Gasteiger partial charge in [-0.15, -0.1) is 0 Å². The molecule has 0 saturated heterocycles. The average molecular weight is 393 g/mol. The number of aryl methyl sites for hydroxylation is 2. The highest BCUT2D eigenvalue weighted by atomic mass is 19.2. The number of aliphatic hydroxyl groups excluding tert-OH is 1. The quantitative estimate of drug-likeness (QED) is 0.711. The lowest BCUT2D eigenvalue weighted by Crippen LogP contribution is -2.41. The van der Waals surface area contributed by atoms with Crippen molar-refractivity contribution in [2.45, 2.75) is 58.6 Å². The minimum Gasteiger partial charge on any atom is -0.393 e. The molecule has 2 rings (SSSR count). The molecule has 0 bridgehead atoms. The van der Waals surface area contributed by atoms with Crippen LogP contribution in [0.25, 0.3) is 0 Å². The fourth-order valence-electron chi connectivity index (χ4n) is 2.95. The lowest BCUT2D eigenvalue weighted by atomic mass is 9.95. The van der Waals surface area contributed by atoms with E-state index in [1.54, 1.807) is 6.07 Å². The standard InChI is InChI=1S/C22H26F3NO2/c1-13-5-8-17(21(28)26-22(2,3)4)15(9-13)10-16(27)7-6-14-11-19(24)20(25)12-18(14)23/h5,8-9,11-12,16,27H,6-7,10H2,1-4H3,(H,26,28). The molecule has 152 valence electrons. The molecule has 0 saturated carbocycles. The molecule has 0 aliphatic heterocycles. The Hall–Kier alpha value is -2.34. The Morgan fingerprint density at radius 2 is 1.68 bits per heavy atom. The Bertz CT molecular complexity index is 860. The van der Waals surface area contributed by atoms with E-state index in [-0.39, 0.29) is 30.7 Å². The van der Waals surface area contributed by atoms with Crippen molar-refractivity contribution in [1.29, 1.82) is 0 Å². The van der Waals surface area contributed by atoms with Crippen molar-refractivity contribution >= 4 is 5.91 Å². The number of rotatable bonds is 6. The van der Waals surface area contributed by atoms with Crippen LogP contribution in [0.3, 0.4) is 0 Å². The average Bonchev–Trinajstić information content (AvgIpc) is 2.55. The highest BCUT2D eigenvalue weighted by Gasteiger charge is 2.20. The first-order valence-electron chi connectivity index (χ1n) is 9.20. The molecular weight excluding hydrogens is 367 g/mol. The lowest BCUT2D eigenvalue weighted by Gasteiger charge is -2.22. The summed E-state index contributed by atoms with van der Waals surface area (Å²) in [6.45, 7) is 7.52. The molecule has 0 aliphatic rings. The van der Waals surface area contributed by atoms with E-state index >= 15 is 0 Å². The van der Waals surface area contributed by atoms with E-state index in [9.17, 15) is 23.1 Å². The number of benzene rings is 2. The van der Waals surface area contributed by atoms with Crippen LogP contribution in [0.2, 0.25) is 0 Å². The SMILES string of the molecule is Cc1ccc(C(=O)NC(C)(C)C)c(CC(O)CCc2cc(F)c(F)cc2F)c1. The van der Waals surface area contributed by atoms with Gasteiger partial charge in [0.15, 0.2) is 11.6 Å². The Morgan fingerprint density at radius 3 is 2.32 bits per heavy atom. The van der Waals surface area contributed by atoms with Crippen LogP contribution in [0.4, 0.5) is 13.2 Å². The minimum atomic E-state index is -1.24. The number of carbonyl (C=O) groups excluding carboxylic acids is 1. The summed E-state index contributed by atoms with van der Waals surface area (Å²) < 4.78 is 40.1. The molecule has 2 aromatic rings. The van der Waals surface area contributed by atoms with Crippen LogP contribution < -0.4 is 5.32 Å². The van der Waals surface area contributed by atoms with Gasteiger partial charge < -0.3 is 10.4 Å². The van der Waals surface area contributed by atoms with E-state index in [0.717, 1.165) is 11.6 Å². The molecule has 0 fully saturated rings. The van der Waals surface area contributed by atoms with E-state index in [1.165, 1.54) is 0 Å². The molecular formula is C22H26F3NO2. The second-order valence-corrected chi connectivity index (χ2v) is 8.12. The van der Waals surface area contributed by atoms with E-state index in [2.05, 4.69) is 5.32 Å². The smallest absolute Gasteiger partial charge is 0.251 e. The van der Waals surface area contributed by atoms with Gasteiger partial charge >= 0.3 is 0 Å². The molecule has 0 heterocycles. The molecule has 1 atom stereocenters. The van der Waals surface area contributed by atoms with Gasteiger partial charge in [0.25, 0.3) is 5.91 Å². The summed E-state index contributed by atoms with van der Waals surface area (Å²) in [6.07, 6.45) is -0.467. The van der Waals surface area contributed by atoms with E-state index in [0.29, 0.717) is 17.2 Å². The molecule has 1 unspecified atom stereocenters. The van der Waals surface area contributed by atoms with Gasteiger partial charge in [0.1, 0.15) is 5.82 Å². The molecule has 2 N–H and O–H groups in total. The maximum atomic E-state index is 13.7. The highest BCUT2D eigenvalue weighted by molar-refractivity contribution is 5.96. The third kappa shape index (κ3) is 6.09. The first kappa shape index (κ1) is 22.0. The van der Waals surface area contributed by atoms with Crippen molar-refractivity contribution in [1.82, 2.24) is 5.32 Å². The summed E-state index contributed by atoms with van der Waals surface area (Å²) in [5.41, 5.74) is 1.70. The van der Waals surface area contributed by atoms with Gasteiger partial charge in [-0.25, -0.2) is 13.2 Å². The highest BCUT2D eigenvalue weighted by Crippen LogP contribution is 2.19. The number of hydrogen-bond acceptors (Lipinski definition) is 2. The summed E-state index contributed by atoms with van der Waals surface area (Å²) in [5.74, 6) is -3.44. The largest absolute Gasteiger partial charge is 0.393 e. The van der Waals surface area contributed by atoms with Crippen LogP contribution in [0.1, 0.15) is 54.2 Å². The van der Waals surface area contributed by atoms with Gasteiger partial charge in [-0.2, -0.15) is 0 Å². The Labute approximate surface area is 163 Å². The zero-order valence-corrected chi connectivity index (χ0v) is 16.6. The summed E-state index contributed by atoms with van der Waals surface area (Å²) in [4.78, 5) is 12.5. The van der Waals surface area contributed by atoms with Crippen molar-refractivity contribution < 1.29 is 23.1 Å². The monoisotopic (exact) mass is 393 g/mol. The molecule has 28 heavy (non-hydrogen) atoms. The summed E-state index contributed by atoms with van der Waals surface area (Å²) in [5, 5.41) is 13.3. The third-order valence-electron chi connectivity index (χ3n) is 4.29. The summed E-state index contributed by atoms with van der Waals surface area (Å²) >= 11 is 0. The molecule has 3 nitrogen and oxygen atoms in total. The third-order valence-corrected chi connectivity index (χ3v) is 4.29. The van der Waals surface area contributed by atoms with Crippen LogP contribution in [0.15, 0.2) is 30.3 Å². The fraction of sp³-hybridized carbons (Fsp3) is 0.409. The van der Waals surface area contributed by atoms with Crippen LogP contribution in [0.5, 0.6) is 0 Å². The minimum absolute atomic E-state index is 0.00731. The maximum absolute atomic E-state index is 13.7. The second kappa shape index (κ2) is 8.78. The number of aliphatic hydroxyl groups is 1. The van der Waals surface area contributed by atoms with E-state index in [4.69, 9.17) is 0 Å². The number of amides is 1. The first-order chi connectivity index (χ1) is 13.0. The Morgan fingerprint density at radius 1 is 1.04 bits per heavy atom. The van der Waals surface area contributed by atoms with Gasteiger partial charge in [-0.3, -0.25) is 4.79 Å². The number of hydrogen-bond donors (Lipinski definition) is 2. The molecule has 2 aromatic carbocycles. The van der Waals surface area contributed by atoms with Crippen molar-refractivity contribution in [3.8, 4) is 0 Å². The summed E-state index contributed by atoms with van der Waals surface area (Å²) in [7, 11) is 0. The number of carbonyl (C=O) groups is 1. The van der Waals surface area contributed by atoms with Crippen molar-refractivity contribution in [3.05, 3.63) is 70.0 Å². The molecule has 0 radical (unpaired) electrons. The van der Waals surface area contributed by atoms with Gasteiger partial charge in [0.2, 0.25) is 0 Å². The first-order valence-corrected chi connectivity index (χ1v) is 9.20. The topological polar surface area (TPSA) is 49.3 Å². The fourth-order valence-corrected chi connectivity index (χ4v) is 2.95. The lowest BCUT2D eigenvalue weighted by molar-refractivity contribution is 0.0917. The van der Waals surface area contributed by atoms with Gasteiger partial charge in [0.05, 0.1) is 6.10 Å². The number of halogens is 3. The predicted molar refractivity (Wildman–Crippen MR) is 103 cm³/mol. The zero-order chi connectivity index (χ0) is 21.1. The summed E-state index contributed by atoms with van der Waals surface area (Å²) in [6, 6.07) is 6.69. The molecule has 1 amide bonds. The van der Waals surface area contributed by atoms with Gasteiger partial charge in [-0.1, -0.05) is 17.7 Å². The van der Waals surface area contributed by atoms with Crippen molar-refractivity contribution in [2.75, 3.05) is 0 Å². The van der Waals surface area contributed by atoms with Crippen LogP contribution >= 0.6 is 0 Å². The maximum Gasteiger partial charge on any atom is 0.251 e. The van der Waals surface area contributed by atoms with Crippen LogP contribution in [-0.2, 0) is 12.8 Å². The van der Waals surface area contributed by atoms with E-state index < -0.39 is 29.1 Å².